The molecule has 0 fully saturated rings. The number of aliphatic hydroxyl groups is 2. The fraction of sp³-hybridized carbons (Fsp3) is 0.556. The van der Waals surface area contributed by atoms with Crippen molar-refractivity contribution in [1.29, 1.82) is 0 Å². The summed E-state index contributed by atoms with van der Waals surface area (Å²) in [6, 6.07) is 0. The van der Waals surface area contributed by atoms with Gasteiger partial charge >= 0.3 is 23.9 Å². The lowest BCUT2D eigenvalue weighted by molar-refractivity contribution is -0.157. The van der Waals surface area contributed by atoms with Crippen molar-refractivity contribution >= 4 is 23.9 Å². The summed E-state index contributed by atoms with van der Waals surface area (Å²) in [6.45, 7) is 2.71. The van der Waals surface area contributed by atoms with Gasteiger partial charge in [-0.15, -0.1) is 0 Å². The SMILES string of the molecule is COC(=O)C1=C(O)C(C(=O)OC)[C@@]2(C)C(C(=O)OC)=C(O)C(C(=O)OC)[C@@]12C. The van der Waals surface area contributed by atoms with Gasteiger partial charge in [0.2, 0.25) is 0 Å². The minimum atomic E-state index is -1.77. The lowest BCUT2D eigenvalue weighted by Crippen LogP contribution is -2.48. The highest BCUT2D eigenvalue weighted by molar-refractivity contribution is 6.02. The number of hydrogen-bond acceptors (Lipinski definition) is 10. The van der Waals surface area contributed by atoms with Crippen molar-refractivity contribution in [3.63, 3.8) is 0 Å². The van der Waals surface area contributed by atoms with E-state index >= 15 is 0 Å². The first-order valence-electron chi connectivity index (χ1n) is 8.20. The molecule has 0 spiro atoms. The van der Waals surface area contributed by atoms with Crippen LogP contribution in [-0.4, -0.2) is 62.5 Å². The van der Waals surface area contributed by atoms with E-state index in [0.717, 1.165) is 28.4 Å². The number of aliphatic hydroxyl groups excluding tert-OH is 2. The van der Waals surface area contributed by atoms with Crippen LogP contribution in [0.1, 0.15) is 13.8 Å². The van der Waals surface area contributed by atoms with Crippen LogP contribution in [0.2, 0.25) is 0 Å². The number of rotatable bonds is 4. The monoisotopic (exact) mass is 398 g/mol. The highest BCUT2D eigenvalue weighted by Crippen LogP contribution is 2.71. The van der Waals surface area contributed by atoms with E-state index in [1.54, 1.807) is 0 Å². The maximum atomic E-state index is 12.5. The van der Waals surface area contributed by atoms with Crippen LogP contribution < -0.4 is 0 Å². The lowest BCUT2D eigenvalue weighted by atomic mass is 9.58. The van der Waals surface area contributed by atoms with Gasteiger partial charge in [-0.05, 0) is 0 Å². The molecule has 4 atom stereocenters. The number of carbonyl (C=O) groups is 4. The normalized spacial score (nSPS) is 31.4. The highest BCUT2D eigenvalue weighted by Gasteiger charge is 2.76. The third kappa shape index (κ3) is 2.26. The third-order valence-corrected chi connectivity index (χ3v) is 5.98. The Bertz CT molecular complexity index is 754. The Morgan fingerprint density at radius 1 is 0.679 bits per heavy atom. The Kier molecular flexibility index (Phi) is 5.20. The molecule has 0 saturated heterocycles. The van der Waals surface area contributed by atoms with Gasteiger partial charge in [0, 0.05) is 10.8 Å². The second kappa shape index (κ2) is 6.84. The molecule has 0 amide bonds. The zero-order valence-corrected chi connectivity index (χ0v) is 16.3. The first-order chi connectivity index (χ1) is 13.0. The molecule has 0 radical (unpaired) electrons. The van der Waals surface area contributed by atoms with Crippen LogP contribution in [0, 0.1) is 22.7 Å². The van der Waals surface area contributed by atoms with Crippen LogP contribution in [0.15, 0.2) is 22.7 Å². The predicted octanol–water partition coefficient (Wildman–Crippen LogP) is 0.575. The average molecular weight is 398 g/mol. The minimum absolute atomic E-state index is 0.436. The van der Waals surface area contributed by atoms with Crippen LogP contribution in [0.25, 0.3) is 0 Å². The average Bonchev–Trinajstić information content (AvgIpc) is 2.94. The molecule has 10 heteroatoms. The first kappa shape index (κ1) is 21.3. The summed E-state index contributed by atoms with van der Waals surface area (Å²) in [5, 5.41) is 21.6. The molecule has 0 saturated carbocycles. The molecule has 0 aromatic carbocycles. The van der Waals surface area contributed by atoms with Crippen LogP contribution in [0.3, 0.4) is 0 Å². The first-order valence-corrected chi connectivity index (χ1v) is 8.20. The van der Waals surface area contributed by atoms with E-state index in [1.807, 2.05) is 0 Å². The lowest BCUT2D eigenvalue weighted by Gasteiger charge is -2.41. The molecule has 0 aliphatic heterocycles. The van der Waals surface area contributed by atoms with Crippen molar-refractivity contribution in [3.8, 4) is 0 Å². The molecular formula is C18H22O10. The second-order valence-corrected chi connectivity index (χ2v) is 6.82. The van der Waals surface area contributed by atoms with Gasteiger partial charge in [-0.2, -0.15) is 0 Å². The third-order valence-electron chi connectivity index (χ3n) is 5.98. The summed E-state index contributed by atoms with van der Waals surface area (Å²) >= 11 is 0. The fourth-order valence-corrected chi connectivity index (χ4v) is 4.54. The van der Waals surface area contributed by atoms with E-state index in [4.69, 9.17) is 18.9 Å². The quantitative estimate of drug-likeness (QED) is 0.509. The minimum Gasteiger partial charge on any atom is -0.511 e. The maximum Gasteiger partial charge on any atom is 0.337 e. The molecular weight excluding hydrogens is 376 g/mol. The second-order valence-electron chi connectivity index (χ2n) is 6.82. The van der Waals surface area contributed by atoms with Crippen LogP contribution in [-0.2, 0) is 38.1 Å². The predicted molar refractivity (Wildman–Crippen MR) is 90.6 cm³/mol. The number of ether oxygens (including phenoxy) is 4. The van der Waals surface area contributed by atoms with Crippen molar-refractivity contribution < 1.29 is 48.3 Å². The summed E-state index contributed by atoms with van der Waals surface area (Å²) in [5.74, 6) is -8.63. The molecule has 2 rings (SSSR count). The van der Waals surface area contributed by atoms with E-state index in [9.17, 15) is 29.4 Å². The smallest absolute Gasteiger partial charge is 0.337 e. The zero-order chi connectivity index (χ0) is 21.6. The van der Waals surface area contributed by atoms with Gasteiger partial charge in [-0.3, -0.25) is 9.59 Å². The number of hydrogen-bond donors (Lipinski definition) is 2. The van der Waals surface area contributed by atoms with Crippen molar-refractivity contribution in [1.82, 2.24) is 0 Å². The van der Waals surface area contributed by atoms with Crippen molar-refractivity contribution in [3.05, 3.63) is 22.7 Å². The van der Waals surface area contributed by atoms with Gasteiger partial charge in [0.1, 0.15) is 23.4 Å². The zero-order valence-electron chi connectivity index (χ0n) is 16.3. The molecule has 0 heterocycles. The molecule has 2 aliphatic rings. The maximum absolute atomic E-state index is 12.5. The van der Waals surface area contributed by atoms with Gasteiger partial charge in [-0.25, -0.2) is 9.59 Å². The van der Waals surface area contributed by atoms with E-state index in [2.05, 4.69) is 0 Å². The summed E-state index contributed by atoms with van der Waals surface area (Å²) in [5.41, 5.74) is -4.42. The molecule has 2 N–H and O–H groups in total. The Morgan fingerprint density at radius 3 is 1.18 bits per heavy atom. The van der Waals surface area contributed by atoms with Crippen molar-refractivity contribution in [2.45, 2.75) is 13.8 Å². The molecule has 10 nitrogen and oxygen atoms in total. The molecule has 0 bridgehead atoms. The Balaban J connectivity index is 2.98. The van der Waals surface area contributed by atoms with E-state index in [-0.39, 0.29) is 0 Å². The summed E-state index contributed by atoms with van der Waals surface area (Å²) < 4.78 is 18.9. The molecule has 154 valence electrons. The molecule has 0 aromatic heterocycles. The summed E-state index contributed by atoms with van der Waals surface area (Å²) in [7, 11) is 4.21. The topological polar surface area (TPSA) is 146 Å². The summed E-state index contributed by atoms with van der Waals surface area (Å²) in [6.07, 6.45) is 0. The molecule has 28 heavy (non-hydrogen) atoms. The molecule has 2 unspecified atom stereocenters. The number of esters is 4. The van der Waals surface area contributed by atoms with Gasteiger partial charge in [0.15, 0.2) is 0 Å². The fourth-order valence-electron chi connectivity index (χ4n) is 4.54. The molecule has 0 aromatic rings. The Hall–Kier alpha value is -3.04. The van der Waals surface area contributed by atoms with Crippen LogP contribution in [0.5, 0.6) is 0 Å². The highest BCUT2D eigenvalue weighted by atomic mass is 16.5. The number of carbonyl (C=O) groups excluding carboxylic acids is 4. The van der Waals surface area contributed by atoms with Crippen LogP contribution in [0.4, 0.5) is 0 Å². The van der Waals surface area contributed by atoms with E-state index in [0.29, 0.717) is 0 Å². The van der Waals surface area contributed by atoms with Crippen LogP contribution >= 0.6 is 0 Å². The van der Waals surface area contributed by atoms with E-state index < -0.39 is 69.2 Å². The largest absolute Gasteiger partial charge is 0.511 e. The van der Waals surface area contributed by atoms with Gasteiger partial charge in [0.05, 0.1) is 39.6 Å². The van der Waals surface area contributed by atoms with Crippen molar-refractivity contribution in [2.75, 3.05) is 28.4 Å². The number of methoxy groups -OCH3 is 4. The van der Waals surface area contributed by atoms with Gasteiger partial charge < -0.3 is 29.2 Å². The standard InChI is InChI=1S/C18H22O10/c1-17-7(13(21)25-3)11(19)9(15(23)27-5)18(17,2)10(16(24)28-6)12(20)8(17)14(22)26-4/h7,10,19-20H,1-6H3/t7?,10?,17-,18+/m0/s1. The molecule has 2 aliphatic carbocycles. The number of fused-ring (bicyclic) bond motifs is 1. The van der Waals surface area contributed by atoms with E-state index in [1.165, 1.54) is 13.8 Å². The van der Waals surface area contributed by atoms with Gasteiger partial charge in [-0.1, -0.05) is 13.8 Å². The summed E-state index contributed by atoms with van der Waals surface area (Å²) in [4.78, 5) is 50.1. The Morgan fingerprint density at radius 2 is 0.964 bits per heavy atom. The van der Waals surface area contributed by atoms with Gasteiger partial charge in [0.25, 0.3) is 0 Å². The Labute approximate surface area is 160 Å². The van der Waals surface area contributed by atoms with Crippen molar-refractivity contribution in [2.24, 2.45) is 22.7 Å².